The molecule has 1 aromatic heterocycles. The average molecular weight is 429 g/mol. The molecule has 0 saturated carbocycles. The van der Waals surface area contributed by atoms with Crippen LogP contribution in [0.2, 0.25) is 5.02 Å². The van der Waals surface area contributed by atoms with Gasteiger partial charge in [-0.15, -0.1) is 0 Å². The van der Waals surface area contributed by atoms with Gasteiger partial charge in [0.2, 0.25) is 0 Å². The lowest BCUT2D eigenvalue weighted by atomic mass is 10.2. The first-order valence-corrected chi connectivity index (χ1v) is 10.2. The number of rotatable bonds is 8. The van der Waals surface area contributed by atoms with E-state index in [4.69, 9.17) is 28.6 Å². The third kappa shape index (κ3) is 5.95. The van der Waals surface area contributed by atoms with Crippen LogP contribution in [-0.4, -0.2) is 33.2 Å². The maximum absolute atomic E-state index is 6.44. The fourth-order valence-electron chi connectivity index (χ4n) is 3.01. The summed E-state index contributed by atoms with van der Waals surface area (Å²) in [6.07, 6.45) is 6.53. The topological polar surface area (TPSA) is 42.3 Å². The number of thiocarbonyl (C=S) groups is 1. The Hall–Kier alpha value is -2.57. The molecule has 1 heterocycles. The second kappa shape index (κ2) is 10.3. The SMILES string of the molecule is COc1ccc(CN(CCCn2ccnc2)C(=S)Nc2cccc(C)c2Cl)cc1. The molecule has 3 rings (SSSR count). The van der Waals surface area contributed by atoms with Gasteiger partial charge in [-0.05, 0) is 54.9 Å². The van der Waals surface area contributed by atoms with E-state index in [-0.39, 0.29) is 0 Å². The highest BCUT2D eigenvalue weighted by Gasteiger charge is 2.13. The van der Waals surface area contributed by atoms with Crippen molar-refractivity contribution in [2.24, 2.45) is 0 Å². The van der Waals surface area contributed by atoms with Crippen LogP contribution in [0.4, 0.5) is 5.69 Å². The Morgan fingerprint density at radius 3 is 2.72 bits per heavy atom. The molecule has 0 radical (unpaired) electrons. The standard InChI is InChI=1S/C22H25ClN4OS/c1-17-5-3-6-20(21(17)23)25-22(29)27(13-4-12-26-14-11-24-16-26)15-18-7-9-19(28-2)10-8-18/h3,5-11,14,16H,4,12-13,15H2,1-2H3,(H,25,29). The summed E-state index contributed by atoms with van der Waals surface area (Å²) in [5, 5.41) is 4.66. The number of anilines is 1. The average Bonchev–Trinajstić information content (AvgIpc) is 3.24. The fraction of sp³-hybridized carbons (Fsp3) is 0.273. The summed E-state index contributed by atoms with van der Waals surface area (Å²) in [4.78, 5) is 6.26. The normalized spacial score (nSPS) is 10.6. The summed E-state index contributed by atoms with van der Waals surface area (Å²) in [7, 11) is 1.67. The Balaban J connectivity index is 1.70. The van der Waals surface area contributed by atoms with Crippen LogP contribution in [0.3, 0.4) is 0 Å². The number of methoxy groups -OCH3 is 1. The lowest BCUT2D eigenvalue weighted by Gasteiger charge is -2.27. The lowest BCUT2D eigenvalue weighted by molar-refractivity contribution is 0.394. The van der Waals surface area contributed by atoms with E-state index in [0.29, 0.717) is 16.7 Å². The molecule has 0 aliphatic heterocycles. The molecule has 152 valence electrons. The fourth-order valence-corrected chi connectivity index (χ4v) is 3.44. The van der Waals surface area contributed by atoms with Crippen LogP contribution in [0.5, 0.6) is 5.75 Å². The van der Waals surface area contributed by atoms with Crippen molar-refractivity contribution in [1.82, 2.24) is 14.5 Å². The Morgan fingerprint density at radius 2 is 2.03 bits per heavy atom. The predicted octanol–water partition coefficient (Wildman–Crippen LogP) is 5.14. The number of nitrogens with one attached hydrogen (secondary N) is 1. The van der Waals surface area contributed by atoms with Crippen molar-refractivity contribution in [3.63, 3.8) is 0 Å². The Labute approximate surface area is 182 Å². The van der Waals surface area contributed by atoms with Crippen LogP contribution >= 0.6 is 23.8 Å². The van der Waals surface area contributed by atoms with Crippen LogP contribution in [0.25, 0.3) is 0 Å². The third-order valence-electron chi connectivity index (χ3n) is 4.66. The molecule has 0 spiro atoms. The molecule has 0 atom stereocenters. The van der Waals surface area contributed by atoms with Crippen molar-refractivity contribution in [1.29, 1.82) is 0 Å². The van der Waals surface area contributed by atoms with Gasteiger partial charge in [-0.1, -0.05) is 35.9 Å². The van der Waals surface area contributed by atoms with Gasteiger partial charge in [0.15, 0.2) is 5.11 Å². The van der Waals surface area contributed by atoms with Crippen molar-refractivity contribution >= 4 is 34.6 Å². The first-order chi connectivity index (χ1) is 14.1. The van der Waals surface area contributed by atoms with E-state index < -0.39 is 0 Å². The second-order valence-corrected chi connectivity index (χ2v) is 7.55. The summed E-state index contributed by atoms with van der Waals surface area (Å²) in [5.74, 6) is 0.840. The van der Waals surface area contributed by atoms with E-state index in [1.807, 2.05) is 49.8 Å². The highest BCUT2D eigenvalue weighted by molar-refractivity contribution is 7.80. The van der Waals surface area contributed by atoms with Gasteiger partial charge >= 0.3 is 0 Å². The van der Waals surface area contributed by atoms with Gasteiger partial charge in [-0.25, -0.2) is 4.98 Å². The maximum atomic E-state index is 6.44. The van der Waals surface area contributed by atoms with Crippen LogP contribution in [0.1, 0.15) is 17.5 Å². The number of aryl methyl sites for hydroxylation is 2. The van der Waals surface area contributed by atoms with Crippen molar-refractivity contribution in [2.75, 3.05) is 19.0 Å². The summed E-state index contributed by atoms with van der Waals surface area (Å²) in [6, 6.07) is 13.9. The van der Waals surface area contributed by atoms with Crippen LogP contribution in [0, 0.1) is 6.92 Å². The van der Waals surface area contributed by atoms with Crippen LogP contribution in [-0.2, 0) is 13.1 Å². The number of hydrogen-bond donors (Lipinski definition) is 1. The van der Waals surface area contributed by atoms with Gasteiger partial charge in [0.05, 0.1) is 24.1 Å². The van der Waals surface area contributed by atoms with E-state index >= 15 is 0 Å². The highest BCUT2D eigenvalue weighted by atomic mass is 35.5. The second-order valence-electron chi connectivity index (χ2n) is 6.79. The van der Waals surface area contributed by atoms with Gasteiger partial charge in [-0.3, -0.25) is 0 Å². The molecule has 1 N–H and O–H groups in total. The minimum Gasteiger partial charge on any atom is -0.497 e. The molecular formula is C22H25ClN4OS. The number of hydrogen-bond acceptors (Lipinski definition) is 3. The molecule has 0 aliphatic carbocycles. The lowest BCUT2D eigenvalue weighted by Crippen LogP contribution is -2.35. The summed E-state index contributed by atoms with van der Waals surface area (Å²) in [6.45, 7) is 4.37. The summed E-state index contributed by atoms with van der Waals surface area (Å²) in [5.41, 5.74) is 3.00. The molecule has 0 saturated heterocycles. The van der Waals surface area contributed by atoms with Crippen LogP contribution in [0.15, 0.2) is 61.2 Å². The van der Waals surface area contributed by atoms with Gasteiger partial charge < -0.3 is 19.5 Å². The molecule has 5 nitrogen and oxygen atoms in total. The monoisotopic (exact) mass is 428 g/mol. The molecule has 2 aromatic carbocycles. The zero-order chi connectivity index (χ0) is 20.6. The van der Waals surface area contributed by atoms with E-state index in [9.17, 15) is 0 Å². The zero-order valence-electron chi connectivity index (χ0n) is 16.6. The highest BCUT2D eigenvalue weighted by Crippen LogP contribution is 2.25. The Bertz CT molecular complexity index is 928. The van der Waals surface area contributed by atoms with Crippen molar-refractivity contribution in [3.8, 4) is 5.75 Å². The number of imidazole rings is 1. The number of nitrogens with zero attached hydrogens (tertiary/aromatic N) is 3. The maximum Gasteiger partial charge on any atom is 0.173 e. The minimum atomic E-state index is 0.652. The molecule has 3 aromatic rings. The molecule has 0 amide bonds. The Morgan fingerprint density at radius 1 is 1.24 bits per heavy atom. The van der Waals surface area contributed by atoms with Gasteiger partial charge in [0.1, 0.15) is 5.75 Å². The molecule has 0 aliphatic rings. The first kappa shape index (κ1) is 21.1. The number of benzene rings is 2. The van der Waals surface area contributed by atoms with E-state index in [1.165, 1.54) is 0 Å². The number of aromatic nitrogens is 2. The van der Waals surface area contributed by atoms with Gasteiger partial charge in [0.25, 0.3) is 0 Å². The summed E-state index contributed by atoms with van der Waals surface area (Å²) < 4.78 is 7.33. The minimum absolute atomic E-state index is 0.652. The Kier molecular flexibility index (Phi) is 7.49. The zero-order valence-corrected chi connectivity index (χ0v) is 18.2. The van der Waals surface area contributed by atoms with Crippen molar-refractivity contribution < 1.29 is 4.74 Å². The molecule has 0 fully saturated rings. The van der Waals surface area contributed by atoms with E-state index in [0.717, 1.165) is 42.1 Å². The predicted molar refractivity (Wildman–Crippen MR) is 123 cm³/mol. The molecule has 0 unspecified atom stereocenters. The summed E-state index contributed by atoms with van der Waals surface area (Å²) >= 11 is 12.2. The third-order valence-corrected chi connectivity index (χ3v) is 5.52. The number of ether oxygens (including phenoxy) is 1. The molecular weight excluding hydrogens is 404 g/mol. The first-order valence-electron chi connectivity index (χ1n) is 9.46. The van der Waals surface area contributed by atoms with E-state index in [1.54, 1.807) is 13.3 Å². The van der Waals surface area contributed by atoms with Crippen LogP contribution < -0.4 is 10.1 Å². The molecule has 0 bridgehead atoms. The number of halogens is 1. The van der Waals surface area contributed by atoms with Gasteiger partial charge in [0, 0.05) is 32.0 Å². The van der Waals surface area contributed by atoms with Gasteiger partial charge in [-0.2, -0.15) is 0 Å². The largest absolute Gasteiger partial charge is 0.497 e. The van der Waals surface area contributed by atoms with E-state index in [2.05, 4.69) is 31.9 Å². The quantitative estimate of drug-likeness (QED) is 0.503. The van der Waals surface area contributed by atoms with Crippen molar-refractivity contribution in [3.05, 3.63) is 77.3 Å². The van der Waals surface area contributed by atoms with Crippen molar-refractivity contribution in [2.45, 2.75) is 26.4 Å². The smallest absolute Gasteiger partial charge is 0.173 e. The molecule has 29 heavy (non-hydrogen) atoms. The molecule has 7 heteroatoms.